The second-order valence-corrected chi connectivity index (χ2v) is 5.46. The Balaban J connectivity index is 0.000000308. The highest BCUT2D eigenvalue weighted by Gasteiger charge is 2.80. The van der Waals surface area contributed by atoms with Crippen LogP contribution in [-0.2, 0) is 0 Å². The minimum atomic E-state index is 0.804. The van der Waals surface area contributed by atoms with Gasteiger partial charge in [-0.1, -0.05) is 34.6 Å². The molecule has 0 spiro atoms. The molecule has 0 saturated heterocycles. The van der Waals surface area contributed by atoms with E-state index in [1.807, 2.05) is 13.8 Å². The van der Waals surface area contributed by atoms with Crippen molar-refractivity contribution in [2.24, 2.45) is 28.6 Å². The van der Waals surface area contributed by atoms with Gasteiger partial charge in [0.25, 0.3) is 0 Å². The van der Waals surface area contributed by atoms with Gasteiger partial charge in [-0.3, -0.25) is 0 Å². The van der Waals surface area contributed by atoms with Crippen LogP contribution in [-0.4, -0.2) is 0 Å². The van der Waals surface area contributed by atoms with Crippen LogP contribution in [0.2, 0.25) is 0 Å². The summed E-state index contributed by atoms with van der Waals surface area (Å²) in [5.41, 5.74) is 1.65. The van der Waals surface area contributed by atoms with Crippen LogP contribution in [0.1, 0.15) is 53.9 Å². The average molecular weight is 180 g/mol. The van der Waals surface area contributed by atoms with Crippen LogP contribution >= 0.6 is 0 Å². The van der Waals surface area contributed by atoms with E-state index >= 15 is 0 Å². The largest absolute Gasteiger partial charge is 0.0683 e. The first kappa shape index (κ1) is 9.55. The molecule has 0 N–H and O–H groups in total. The van der Waals surface area contributed by atoms with E-state index in [4.69, 9.17) is 0 Å². The van der Waals surface area contributed by atoms with Gasteiger partial charge < -0.3 is 0 Å². The van der Waals surface area contributed by atoms with Gasteiger partial charge >= 0.3 is 0 Å². The Kier molecular flexibility index (Phi) is 1.85. The Morgan fingerprint density at radius 2 is 1.85 bits per heavy atom. The van der Waals surface area contributed by atoms with Crippen molar-refractivity contribution in [2.45, 2.75) is 53.9 Å². The minimum absolute atomic E-state index is 0.804. The molecule has 0 radical (unpaired) electrons. The summed E-state index contributed by atoms with van der Waals surface area (Å²) < 4.78 is 0. The molecule has 0 amide bonds. The number of hydrogen-bond acceptors (Lipinski definition) is 0. The van der Waals surface area contributed by atoms with Crippen molar-refractivity contribution in [1.29, 1.82) is 0 Å². The standard InChI is InChI=1S/C11H18.C2H6/c1-4-11-6-8-5-10(3,7(11)2)9(8)11;1-2/h7-9H,4-6H2,1-3H3;1-2H3. The molecule has 3 rings (SSSR count). The molecule has 0 aromatic heterocycles. The first-order valence-corrected chi connectivity index (χ1v) is 6.15. The minimum Gasteiger partial charge on any atom is -0.0683 e. The lowest BCUT2D eigenvalue weighted by atomic mass is 9.19. The van der Waals surface area contributed by atoms with E-state index < -0.39 is 0 Å². The summed E-state index contributed by atoms with van der Waals surface area (Å²) in [6.45, 7) is 11.4. The predicted octanol–water partition coefficient (Wildman–Crippen LogP) is 4.10. The van der Waals surface area contributed by atoms with Crippen LogP contribution in [0, 0.1) is 28.6 Å². The Hall–Kier alpha value is 0. The zero-order valence-electron chi connectivity index (χ0n) is 9.85. The van der Waals surface area contributed by atoms with E-state index in [-0.39, 0.29) is 0 Å². The van der Waals surface area contributed by atoms with Gasteiger partial charge in [0.1, 0.15) is 0 Å². The van der Waals surface area contributed by atoms with E-state index in [0.717, 1.165) is 28.6 Å². The van der Waals surface area contributed by atoms with Gasteiger partial charge in [0.05, 0.1) is 0 Å². The Bertz CT molecular complexity index is 210. The molecule has 3 aliphatic carbocycles. The topological polar surface area (TPSA) is 0 Å². The number of rotatable bonds is 1. The third-order valence-electron chi connectivity index (χ3n) is 5.66. The third-order valence-corrected chi connectivity index (χ3v) is 5.66. The van der Waals surface area contributed by atoms with Crippen molar-refractivity contribution in [2.75, 3.05) is 0 Å². The van der Waals surface area contributed by atoms with E-state index in [1.165, 1.54) is 6.42 Å². The maximum atomic E-state index is 2.52. The van der Waals surface area contributed by atoms with Crippen LogP contribution in [0.3, 0.4) is 0 Å². The van der Waals surface area contributed by atoms with Gasteiger partial charge in [-0.05, 0) is 47.8 Å². The molecule has 3 aliphatic rings. The highest BCUT2D eigenvalue weighted by Crippen LogP contribution is 2.86. The van der Waals surface area contributed by atoms with Gasteiger partial charge in [0.15, 0.2) is 0 Å². The van der Waals surface area contributed by atoms with Crippen molar-refractivity contribution in [3.05, 3.63) is 0 Å². The molecular weight excluding hydrogens is 156 g/mol. The second kappa shape index (κ2) is 2.52. The summed E-state index contributed by atoms with van der Waals surface area (Å²) in [5, 5.41) is 0. The molecule has 13 heavy (non-hydrogen) atoms. The summed E-state index contributed by atoms with van der Waals surface area (Å²) in [6, 6.07) is 0. The fourth-order valence-corrected chi connectivity index (χ4v) is 5.08. The fraction of sp³-hybridized carbons (Fsp3) is 1.00. The normalized spacial score (nSPS) is 60.2. The van der Waals surface area contributed by atoms with Gasteiger partial charge in [0, 0.05) is 0 Å². The van der Waals surface area contributed by atoms with E-state index in [2.05, 4.69) is 20.8 Å². The Labute approximate surface area is 83.1 Å². The van der Waals surface area contributed by atoms with Crippen molar-refractivity contribution in [1.82, 2.24) is 0 Å². The molecule has 0 aromatic carbocycles. The van der Waals surface area contributed by atoms with Gasteiger partial charge in [-0.15, -0.1) is 0 Å². The van der Waals surface area contributed by atoms with E-state index in [0.29, 0.717) is 0 Å². The smallest absolute Gasteiger partial charge is 0.0230 e. The summed E-state index contributed by atoms with van der Waals surface area (Å²) in [7, 11) is 0. The molecule has 0 heterocycles. The molecule has 76 valence electrons. The SMILES string of the molecule is CC.CCC12CC3CC(C)(C1C)C32. The lowest BCUT2D eigenvalue weighted by Crippen LogP contribution is -2.79. The highest BCUT2D eigenvalue weighted by atomic mass is 14.8. The van der Waals surface area contributed by atoms with Crippen molar-refractivity contribution >= 4 is 0 Å². The maximum Gasteiger partial charge on any atom is -0.0230 e. The molecule has 0 bridgehead atoms. The first-order chi connectivity index (χ1) is 6.15. The summed E-state index contributed by atoms with van der Waals surface area (Å²) in [4.78, 5) is 0. The first-order valence-electron chi connectivity index (χ1n) is 6.15. The lowest BCUT2D eigenvalue weighted by Gasteiger charge is -2.85. The van der Waals surface area contributed by atoms with Gasteiger partial charge in [-0.2, -0.15) is 0 Å². The molecule has 3 saturated carbocycles. The second-order valence-electron chi connectivity index (χ2n) is 5.46. The molecule has 0 aliphatic heterocycles. The molecule has 5 atom stereocenters. The van der Waals surface area contributed by atoms with Crippen LogP contribution in [0.5, 0.6) is 0 Å². The van der Waals surface area contributed by atoms with Crippen LogP contribution < -0.4 is 0 Å². The monoisotopic (exact) mass is 180 g/mol. The van der Waals surface area contributed by atoms with Gasteiger partial charge in [0.2, 0.25) is 0 Å². The van der Waals surface area contributed by atoms with Gasteiger partial charge in [-0.25, -0.2) is 0 Å². The lowest BCUT2D eigenvalue weighted by molar-refractivity contribution is -0.373. The molecule has 3 fully saturated rings. The quantitative estimate of drug-likeness (QED) is 0.570. The van der Waals surface area contributed by atoms with Crippen LogP contribution in [0.4, 0.5) is 0 Å². The van der Waals surface area contributed by atoms with Crippen molar-refractivity contribution in [3.63, 3.8) is 0 Å². The van der Waals surface area contributed by atoms with Crippen LogP contribution in [0.25, 0.3) is 0 Å². The summed E-state index contributed by atoms with van der Waals surface area (Å²) in [5.74, 6) is 3.36. The third kappa shape index (κ3) is 0.714. The van der Waals surface area contributed by atoms with E-state index in [9.17, 15) is 0 Å². The predicted molar refractivity (Wildman–Crippen MR) is 57.6 cm³/mol. The van der Waals surface area contributed by atoms with Crippen molar-refractivity contribution < 1.29 is 0 Å². The zero-order valence-corrected chi connectivity index (χ0v) is 9.85. The molecular formula is C13H24. The molecule has 0 heteroatoms. The molecule has 0 nitrogen and oxygen atoms in total. The molecule has 5 unspecified atom stereocenters. The van der Waals surface area contributed by atoms with E-state index in [1.54, 1.807) is 12.8 Å². The fourth-order valence-electron chi connectivity index (χ4n) is 5.08. The Morgan fingerprint density at radius 3 is 2.15 bits per heavy atom. The Morgan fingerprint density at radius 1 is 1.23 bits per heavy atom. The highest BCUT2D eigenvalue weighted by molar-refractivity contribution is 5.28. The zero-order chi connectivity index (χ0) is 9.85. The summed E-state index contributed by atoms with van der Waals surface area (Å²) in [6.07, 6.45) is 4.58. The number of hydrogen-bond donors (Lipinski definition) is 0. The maximum absolute atomic E-state index is 2.52. The van der Waals surface area contributed by atoms with Crippen molar-refractivity contribution in [3.8, 4) is 0 Å². The molecule has 0 aromatic rings. The average Bonchev–Trinajstić information content (AvgIpc) is 2.13. The van der Waals surface area contributed by atoms with Crippen LogP contribution in [0.15, 0.2) is 0 Å². The summed E-state index contributed by atoms with van der Waals surface area (Å²) >= 11 is 0.